The first kappa shape index (κ1) is 15.4. The van der Waals surface area contributed by atoms with Gasteiger partial charge >= 0.3 is 0 Å². The van der Waals surface area contributed by atoms with Crippen LogP contribution in [0.25, 0.3) is 0 Å². The van der Waals surface area contributed by atoms with Crippen LogP contribution in [0.2, 0.25) is 0 Å². The molecule has 0 spiro atoms. The molecule has 0 aliphatic rings. The second kappa shape index (κ2) is 5.76. The van der Waals surface area contributed by atoms with Crippen molar-refractivity contribution >= 4 is 47.6 Å². The molecule has 0 aliphatic carbocycles. The highest BCUT2D eigenvalue weighted by Gasteiger charge is 2.25. The van der Waals surface area contributed by atoms with Gasteiger partial charge < -0.3 is 5.73 Å². The van der Waals surface area contributed by atoms with Crippen molar-refractivity contribution in [2.75, 3.05) is 5.73 Å². The Hall–Kier alpha value is -1.04. The van der Waals surface area contributed by atoms with E-state index in [0.29, 0.717) is 8.95 Å². The van der Waals surface area contributed by atoms with Crippen molar-refractivity contribution in [1.82, 2.24) is 25.3 Å². The Bertz CT molecular complexity index is 695. The van der Waals surface area contributed by atoms with Gasteiger partial charge in [-0.15, -0.1) is 10.2 Å². The number of rotatable bonds is 4. The first-order valence-corrected chi connectivity index (χ1v) is 8.38. The van der Waals surface area contributed by atoms with Crippen LogP contribution in [0.4, 0.5) is 5.69 Å². The van der Waals surface area contributed by atoms with Gasteiger partial charge in [0.25, 0.3) is 0 Å². The zero-order valence-electron chi connectivity index (χ0n) is 10.1. The predicted octanol–water partition coefficient (Wildman–Crippen LogP) is 1.35. The third-order valence-electron chi connectivity index (χ3n) is 2.39. The monoisotopic (exact) mass is 424 g/mol. The Labute approximate surface area is 131 Å². The maximum atomic E-state index is 12.4. The number of hydrogen-bond acceptors (Lipinski definition) is 6. The Morgan fingerprint density at radius 1 is 1.40 bits per heavy atom. The van der Waals surface area contributed by atoms with E-state index in [1.165, 1.54) is 6.07 Å². The minimum Gasteiger partial charge on any atom is -0.398 e. The molecule has 1 unspecified atom stereocenters. The minimum absolute atomic E-state index is 0.0314. The third kappa shape index (κ3) is 3.16. The molecular weight excluding hydrogens is 416 g/mol. The number of nitrogens with two attached hydrogens (primary N) is 1. The van der Waals surface area contributed by atoms with E-state index in [4.69, 9.17) is 5.73 Å². The lowest BCUT2D eigenvalue weighted by molar-refractivity contribution is 0.560. The maximum Gasteiger partial charge on any atom is 0.244 e. The number of aromatic nitrogens is 4. The summed E-state index contributed by atoms with van der Waals surface area (Å²) < 4.78 is 28.2. The minimum atomic E-state index is -3.83. The highest BCUT2D eigenvalue weighted by Crippen LogP contribution is 2.32. The van der Waals surface area contributed by atoms with E-state index in [9.17, 15) is 8.42 Å². The van der Waals surface area contributed by atoms with Crippen LogP contribution in [0, 0.1) is 0 Å². The summed E-state index contributed by atoms with van der Waals surface area (Å²) in [6, 6.07) is 2.47. The molecule has 0 amide bonds. The van der Waals surface area contributed by atoms with E-state index in [-0.39, 0.29) is 16.4 Å². The SMILES string of the molecule is CC(NS(=O)(=O)c1c(N)cc(Br)cc1Br)c1nn[nH]n1. The number of anilines is 1. The van der Waals surface area contributed by atoms with Gasteiger partial charge in [0.1, 0.15) is 4.90 Å². The molecule has 0 aliphatic heterocycles. The topological polar surface area (TPSA) is 127 Å². The van der Waals surface area contributed by atoms with Gasteiger partial charge in [0.15, 0.2) is 5.82 Å². The number of halogens is 2. The quantitative estimate of drug-likeness (QED) is 0.634. The highest BCUT2D eigenvalue weighted by atomic mass is 79.9. The molecule has 0 fully saturated rings. The fourth-order valence-electron chi connectivity index (χ4n) is 1.56. The summed E-state index contributed by atoms with van der Waals surface area (Å²) in [5.41, 5.74) is 5.90. The third-order valence-corrected chi connectivity index (χ3v) is 5.39. The largest absolute Gasteiger partial charge is 0.398 e. The lowest BCUT2D eigenvalue weighted by Gasteiger charge is -2.14. The average Bonchev–Trinajstić information content (AvgIpc) is 2.78. The fourth-order valence-corrected chi connectivity index (χ4v) is 4.83. The molecule has 8 nitrogen and oxygen atoms in total. The molecule has 2 rings (SSSR count). The Morgan fingerprint density at radius 3 is 2.65 bits per heavy atom. The van der Waals surface area contributed by atoms with E-state index >= 15 is 0 Å². The lowest BCUT2D eigenvalue weighted by atomic mass is 10.3. The van der Waals surface area contributed by atoms with Crippen molar-refractivity contribution < 1.29 is 8.42 Å². The van der Waals surface area contributed by atoms with Gasteiger partial charge in [-0.1, -0.05) is 21.1 Å². The van der Waals surface area contributed by atoms with Crippen LogP contribution in [0.5, 0.6) is 0 Å². The van der Waals surface area contributed by atoms with E-state index in [1.807, 2.05) is 0 Å². The fraction of sp³-hybridized carbons (Fsp3) is 0.222. The molecule has 20 heavy (non-hydrogen) atoms. The summed E-state index contributed by atoms with van der Waals surface area (Å²) >= 11 is 6.43. The molecule has 4 N–H and O–H groups in total. The van der Waals surface area contributed by atoms with E-state index < -0.39 is 16.1 Å². The van der Waals surface area contributed by atoms with Crippen molar-refractivity contribution in [1.29, 1.82) is 0 Å². The van der Waals surface area contributed by atoms with E-state index in [2.05, 4.69) is 57.2 Å². The average molecular weight is 426 g/mol. The number of hydrogen-bond donors (Lipinski definition) is 3. The van der Waals surface area contributed by atoms with Gasteiger partial charge in [-0.3, -0.25) is 0 Å². The van der Waals surface area contributed by atoms with Crippen molar-refractivity contribution in [3.8, 4) is 0 Å². The molecule has 0 bridgehead atoms. The van der Waals surface area contributed by atoms with E-state index in [1.54, 1.807) is 13.0 Å². The molecule has 108 valence electrons. The number of nitrogen functional groups attached to an aromatic ring is 1. The van der Waals surface area contributed by atoms with Crippen LogP contribution in [0.3, 0.4) is 0 Å². The van der Waals surface area contributed by atoms with Gasteiger partial charge in [0.05, 0.1) is 11.7 Å². The second-order valence-electron chi connectivity index (χ2n) is 3.92. The molecule has 1 aromatic carbocycles. The van der Waals surface area contributed by atoms with E-state index in [0.717, 1.165) is 0 Å². The van der Waals surface area contributed by atoms with Crippen LogP contribution < -0.4 is 10.5 Å². The van der Waals surface area contributed by atoms with Gasteiger partial charge in [-0.05, 0) is 35.0 Å². The number of H-pyrrole nitrogens is 1. The lowest BCUT2D eigenvalue weighted by Crippen LogP contribution is -2.28. The summed E-state index contributed by atoms with van der Waals surface area (Å²) in [6.07, 6.45) is 0. The molecular formula is C9H10Br2N6O2S. The number of sulfonamides is 1. The van der Waals surface area contributed by atoms with Gasteiger partial charge in [-0.2, -0.15) is 5.21 Å². The van der Waals surface area contributed by atoms with Crippen LogP contribution in [0.15, 0.2) is 26.0 Å². The van der Waals surface area contributed by atoms with Gasteiger partial charge in [0.2, 0.25) is 10.0 Å². The Kier molecular flexibility index (Phi) is 4.42. The summed E-state index contributed by atoms with van der Waals surface area (Å²) in [5.74, 6) is 0.236. The number of tetrazole rings is 1. The highest BCUT2D eigenvalue weighted by molar-refractivity contribution is 9.11. The van der Waals surface area contributed by atoms with Crippen LogP contribution in [-0.4, -0.2) is 29.0 Å². The number of nitrogens with one attached hydrogen (secondary N) is 2. The van der Waals surface area contributed by atoms with Crippen LogP contribution in [0.1, 0.15) is 18.8 Å². The molecule has 1 atom stereocenters. The molecule has 0 saturated carbocycles. The first-order chi connectivity index (χ1) is 9.31. The maximum absolute atomic E-state index is 12.4. The van der Waals surface area contributed by atoms with Crippen molar-refractivity contribution in [3.05, 3.63) is 26.9 Å². The van der Waals surface area contributed by atoms with Crippen LogP contribution in [-0.2, 0) is 10.0 Å². The second-order valence-corrected chi connectivity index (χ2v) is 7.34. The molecule has 11 heteroatoms. The zero-order valence-corrected chi connectivity index (χ0v) is 14.1. The first-order valence-electron chi connectivity index (χ1n) is 5.31. The molecule has 0 saturated heterocycles. The Balaban J connectivity index is 2.37. The molecule has 0 radical (unpaired) electrons. The van der Waals surface area contributed by atoms with Crippen molar-refractivity contribution in [2.24, 2.45) is 0 Å². The molecule has 1 aromatic heterocycles. The molecule has 2 aromatic rings. The summed E-state index contributed by atoms with van der Waals surface area (Å²) in [5, 5.41) is 13.1. The van der Waals surface area contributed by atoms with Crippen molar-refractivity contribution in [2.45, 2.75) is 17.9 Å². The normalized spacial score (nSPS) is 13.3. The summed E-state index contributed by atoms with van der Waals surface area (Å²) in [7, 11) is -3.83. The zero-order chi connectivity index (χ0) is 14.9. The predicted molar refractivity (Wildman–Crippen MR) is 79.2 cm³/mol. The number of benzene rings is 1. The standard InChI is InChI=1S/C9H10Br2N6O2S/c1-4(9-13-16-17-14-9)15-20(18,19)8-6(11)2-5(10)3-7(8)12/h2-4,15H,12H2,1H3,(H,13,14,16,17). The molecule has 1 heterocycles. The number of nitrogens with zero attached hydrogens (tertiary/aromatic N) is 3. The van der Waals surface area contributed by atoms with Gasteiger partial charge in [0, 0.05) is 8.95 Å². The van der Waals surface area contributed by atoms with Crippen molar-refractivity contribution in [3.63, 3.8) is 0 Å². The summed E-state index contributed by atoms with van der Waals surface area (Å²) in [4.78, 5) is -0.0314. The number of aromatic amines is 1. The van der Waals surface area contributed by atoms with Crippen LogP contribution >= 0.6 is 31.9 Å². The Morgan fingerprint density at radius 2 is 2.10 bits per heavy atom. The van der Waals surface area contributed by atoms with Gasteiger partial charge in [-0.25, -0.2) is 13.1 Å². The summed E-state index contributed by atoms with van der Waals surface area (Å²) in [6.45, 7) is 1.60. The smallest absolute Gasteiger partial charge is 0.244 e.